The molecule has 0 spiro atoms. The minimum Gasteiger partial charge on any atom is -0.316 e. The molecule has 2 aromatic rings. The fourth-order valence-corrected chi connectivity index (χ4v) is 3.09. The molecule has 0 bridgehead atoms. The molecule has 0 heterocycles. The van der Waals surface area contributed by atoms with E-state index in [1.165, 1.54) is 16.7 Å². The number of hydrogen-bond acceptors (Lipinski definition) is 2. The summed E-state index contributed by atoms with van der Waals surface area (Å²) >= 11 is 9.70. The highest BCUT2D eigenvalue weighted by Crippen LogP contribution is 2.21. The summed E-state index contributed by atoms with van der Waals surface area (Å²) in [5, 5.41) is 3.96. The van der Waals surface area contributed by atoms with Crippen molar-refractivity contribution in [2.75, 3.05) is 14.1 Å². The van der Waals surface area contributed by atoms with Crippen LogP contribution in [0, 0.1) is 0 Å². The molecule has 0 radical (unpaired) electrons. The van der Waals surface area contributed by atoms with Gasteiger partial charge >= 0.3 is 0 Å². The monoisotopic (exact) mass is 366 g/mol. The Kier molecular flexibility index (Phi) is 6.24. The smallest absolute Gasteiger partial charge is 0.0409 e. The van der Waals surface area contributed by atoms with Gasteiger partial charge in [-0.25, -0.2) is 0 Å². The van der Waals surface area contributed by atoms with Crippen molar-refractivity contribution in [3.8, 4) is 0 Å². The van der Waals surface area contributed by atoms with Gasteiger partial charge in [0.15, 0.2) is 0 Å². The van der Waals surface area contributed by atoms with Crippen molar-refractivity contribution in [2.24, 2.45) is 0 Å². The van der Waals surface area contributed by atoms with E-state index in [0.717, 1.165) is 29.1 Å². The molecule has 0 atom stereocenters. The first kappa shape index (κ1) is 16.5. The van der Waals surface area contributed by atoms with Gasteiger partial charge < -0.3 is 5.32 Å². The average molecular weight is 368 g/mol. The lowest BCUT2D eigenvalue weighted by Crippen LogP contribution is -2.17. The predicted molar refractivity (Wildman–Crippen MR) is 93.5 cm³/mol. The van der Waals surface area contributed by atoms with E-state index in [0.29, 0.717) is 0 Å². The summed E-state index contributed by atoms with van der Waals surface area (Å²) < 4.78 is 1.16. The number of nitrogens with zero attached hydrogens (tertiary/aromatic N) is 1. The van der Waals surface area contributed by atoms with Crippen molar-refractivity contribution in [1.82, 2.24) is 10.2 Å². The zero-order chi connectivity index (χ0) is 15.2. The van der Waals surface area contributed by atoms with Gasteiger partial charge in [0.05, 0.1) is 0 Å². The number of halogens is 2. The van der Waals surface area contributed by atoms with Crippen LogP contribution in [0.2, 0.25) is 5.02 Å². The predicted octanol–water partition coefficient (Wildman–Crippen LogP) is 4.45. The van der Waals surface area contributed by atoms with E-state index in [4.69, 9.17) is 11.6 Å². The van der Waals surface area contributed by atoms with E-state index in [1.807, 2.05) is 25.2 Å². The summed E-state index contributed by atoms with van der Waals surface area (Å²) in [6, 6.07) is 14.6. The fourth-order valence-electron chi connectivity index (χ4n) is 2.33. The number of hydrogen-bond donors (Lipinski definition) is 1. The zero-order valence-electron chi connectivity index (χ0n) is 12.4. The van der Waals surface area contributed by atoms with E-state index < -0.39 is 0 Å². The minimum absolute atomic E-state index is 0.790. The van der Waals surface area contributed by atoms with Gasteiger partial charge in [-0.3, -0.25) is 4.90 Å². The molecule has 0 aliphatic heterocycles. The lowest BCUT2D eigenvalue weighted by Gasteiger charge is -2.18. The third-order valence-corrected chi connectivity index (χ3v) is 4.25. The van der Waals surface area contributed by atoms with E-state index in [9.17, 15) is 0 Å². The van der Waals surface area contributed by atoms with E-state index in [2.05, 4.69) is 57.5 Å². The van der Waals surface area contributed by atoms with Crippen molar-refractivity contribution in [3.05, 3.63) is 68.7 Å². The van der Waals surface area contributed by atoms with Crippen molar-refractivity contribution in [3.63, 3.8) is 0 Å². The van der Waals surface area contributed by atoms with Gasteiger partial charge in [-0.1, -0.05) is 51.8 Å². The van der Waals surface area contributed by atoms with Crippen molar-refractivity contribution < 1.29 is 0 Å². The van der Waals surface area contributed by atoms with Gasteiger partial charge in [0.2, 0.25) is 0 Å². The number of benzene rings is 2. The molecule has 112 valence electrons. The molecule has 0 fully saturated rings. The van der Waals surface area contributed by atoms with Crippen LogP contribution in [0.5, 0.6) is 0 Å². The molecule has 0 amide bonds. The van der Waals surface area contributed by atoms with Crippen LogP contribution in [-0.4, -0.2) is 19.0 Å². The lowest BCUT2D eigenvalue weighted by molar-refractivity contribution is 0.318. The minimum atomic E-state index is 0.790. The van der Waals surface area contributed by atoms with Gasteiger partial charge in [0.25, 0.3) is 0 Å². The standard InChI is InChI=1S/C17H20BrClN2/c1-20-10-13-6-7-15(17(18)9-13)12-21(2)11-14-4-3-5-16(19)8-14/h3-9,20H,10-12H2,1-2H3. The van der Waals surface area contributed by atoms with E-state index >= 15 is 0 Å². The van der Waals surface area contributed by atoms with Crippen LogP contribution in [0.1, 0.15) is 16.7 Å². The molecule has 1 N–H and O–H groups in total. The lowest BCUT2D eigenvalue weighted by atomic mass is 10.1. The molecular weight excluding hydrogens is 348 g/mol. The Hall–Kier alpha value is -0.870. The Balaban J connectivity index is 2.00. The molecule has 0 aliphatic carbocycles. The van der Waals surface area contributed by atoms with Crippen LogP contribution in [0.25, 0.3) is 0 Å². The molecule has 2 aromatic carbocycles. The number of rotatable bonds is 6. The second-order valence-electron chi connectivity index (χ2n) is 5.26. The fraction of sp³-hybridized carbons (Fsp3) is 0.294. The maximum absolute atomic E-state index is 6.03. The zero-order valence-corrected chi connectivity index (χ0v) is 14.7. The molecular formula is C17H20BrClN2. The molecule has 0 aliphatic rings. The molecule has 0 saturated carbocycles. The summed E-state index contributed by atoms with van der Waals surface area (Å²) in [5.74, 6) is 0. The van der Waals surface area contributed by atoms with Gasteiger partial charge in [0.1, 0.15) is 0 Å². The first-order chi connectivity index (χ1) is 10.1. The summed E-state index contributed by atoms with van der Waals surface area (Å²) in [6.07, 6.45) is 0. The van der Waals surface area contributed by atoms with Crippen LogP contribution in [0.15, 0.2) is 46.9 Å². The highest BCUT2D eigenvalue weighted by molar-refractivity contribution is 9.10. The van der Waals surface area contributed by atoms with Crippen LogP contribution < -0.4 is 5.32 Å². The molecule has 0 unspecified atom stereocenters. The Morgan fingerprint density at radius 3 is 2.57 bits per heavy atom. The largest absolute Gasteiger partial charge is 0.316 e. The first-order valence-corrected chi connectivity index (χ1v) is 8.10. The summed E-state index contributed by atoms with van der Waals surface area (Å²) in [5.41, 5.74) is 3.80. The Labute approximate surface area is 140 Å². The van der Waals surface area contributed by atoms with Crippen molar-refractivity contribution in [2.45, 2.75) is 19.6 Å². The Morgan fingerprint density at radius 2 is 1.90 bits per heavy atom. The van der Waals surface area contributed by atoms with E-state index in [-0.39, 0.29) is 0 Å². The molecule has 21 heavy (non-hydrogen) atoms. The quantitative estimate of drug-likeness (QED) is 0.811. The molecule has 4 heteroatoms. The van der Waals surface area contributed by atoms with E-state index in [1.54, 1.807) is 0 Å². The van der Waals surface area contributed by atoms with Gasteiger partial charge in [-0.2, -0.15) is 0 Å². The summed E-state index contributed by atoms with van der Waals surface area (Å²) in [7, 11) is 4.08. The molecule has 2 rings (SSSR count). The maximum Gasteiger partial charge on any atom is 0.0409 e. The van der Waals surface area contributed by atoms with Gasteiger partial charge in [-0.15, -0.1) is 0 Å². The first-order valence-electron chi connectivity index (χ1n) is 6.93. The van der Waals surface area contributed by atoms with Crippen LogP contribution in [0.4, 0.5) is 0 Å². The summed E-state index contributed by atoms with van der Waals surface area (Å²) in [4.78, 5) is 2.28. The van der Waals surface area contributed by atoms with Crippen LogP contribution in [-0.2, 0) is 19.6 Å². The number of nitrogens with one attached hydrogen (secondary N) is 1. The molecule has 2 nitrogen and oxygen atoms in total. The highest BCUT2D eigenvalue weighted by Gasteiger charge is 2.06. The molecule has 0 saturated heterocycles. The second kappa shape index (κ2) is 7.95. The van der Waals surface area contributed by atoms with Crippen molar-refractivity contribution >= 4 is 27.5 Å². The third-order valence-electron chi connectivity index (χ3n) is 3.28. The average Bonchev–Trinajstić information content (AvgIpc) is 2.42. The normalized spacial score (nSPS) is 11.1. The highest BCUT2D eigenvalue weighted by atomic mass is 79.9. The van der Waals surface area contributed by atoms with Crippen LogP contribution >= 0.6 is 27.5 Å². The second-order valence-corrected chi connectivity index (χ2v) is 6.55. The third kappa shape index (κ3) is 5.11. The van der Waals surface area contributed by atoms with Gasteiger partial charge in [-0.05, 0) is 49.0 Å². The summed E-state index contributed by atoms with van der Waals surface area (Å²) in [6.45, 7) is 2.66. The van der Waals surface area contributed by atoms with Crippen LogP contribution in [0.3, 0.4) is 0 Å². The van der Waals surface area contributed by atoms with Gasteiger partial charge in [0, 0.05) is 29.1 Å². The Bertz CT molecular complexity index is 601. The maximum atomic E-state index is 6.03. The topological polar surface area (TPSA) is 15.3 Å². The molecule has 0 aromatic heterocycles. The Morgan fingerprint density at radius 1 is 1.10 bits per heavy atom. The SMILES string of the molecule is CNCc1ccc(CN(C)Cc2cccc(Cl)c2)c(Br)c1. The van der Waals surface area contributed by atoms with Crippen molar-refractivity contribution in [1.29, 1.82) is 0 Å².